The van der Waals surface area contributed by atoms with Gasteiger partial charge in [-0.2, -0.15) is 0 Å². The van der Waals surface area contributed by atoms with Gasteiger partial charge in [-0.1, -0.05) is 34.6 Å². The van der Waals surface area contributed by atoms with Crippen molar-refractivity contribution in [1.82, 2.24) is 9.97 Å². The van der Waals surface area contributed by atoms with Crippen molar-refractivity contribution in [3.05, 3.63) is 27.4 Å². The molecule has 1 aromatic rings. The molecule has 0 saturated carbocycles. The second-order valence-corrected chi connectivity index (χ2v) is 5.98. The van der Waals surface area contributed by atoms with Crippen molar-refractivity contribution >= 4 is 5.97 Å². The van der Waals surface area contributed by atoms with Gasteiger partial charge in [-0.25, -0.2) is 9.78 Å². The van der Waals surface area contributed by atoms with Crippen LogP contribution in [0.4, 0.5) is 0 Å². The number of nitrogens with one attached hydrogen (secondary N) is 1. The third-order valence-corrected chi connectivity index (χ3v) is 3.70. The van der Waals surface area contributed by atoms with Gasteiger partial charge in [0, 0.05) is 5.41 Å². The lowest BCUT2D eigenvalue weighted by Gasteiger charge is -2.26. The van der Waals surface area contributed by atoms with Crippen LogP contribution in [0.15, 0.2) is 4.79 Å². The Kier molecular flexibility index (Phi) is 3.03. The molecular formula is C14H20N2O3. The zero-order valence-corrected chi connectivity index (χ0v) is 12.1. The summed E-state index contributed by atoms with van der Waals surface area (Å²) in [6, 6.07) is 0. The number of aromatic nitrogens is 2. The first-order valence-corrected chi connectivity index (χ1v) is 6.64. The standard InChI is InChI=1S/C14H20N2O3/c1-6-14(7-2)9-8(11(18)19-14)10(17)16-12(15-9)13(3,4)5/h6-7H2,1-5H3,(H,15,16,17). The van der Waals surface area contributed by atoms with E-state index in [1.165, 1.54) is 0 Å². The Bertz CT molecular complexity index is 577. The number of esters is 1. The molecule has 0 atom stereocenters. The number of carbonyl (C=O) groups excluding carboxylic acids is 1. The number of aromatic amines is 1. The Morgan fingerprint density at radius 1 is 1.21 bits per heavy atom. The van der Waals surface area contributed by atoms with Crippen LogP contribution in [-0.4, -0.2) is 15.9 Å². The van der Waals surface area contributed by atoms with Gasteiger partial charge >= 0.3 is 5.97 Å². The molecule has 19 heavy (non-hydrogen) atoms. The van der Waals surface area contributed by atoms with Crippen molar-refractivity contribution in [2.45, 2.75) is 58.5 Å². The van der Waals surface area contributed by atoms with Gasteiger partial charge in [0.2, 0.25) is 0 Å². The SMILES string of the molecule is CCC1(CC)OC(=O)c2c1nc(C(C)(C)C)[nH]c2=O. The summed E-state index contributed by atoms with van der Waals surface area (Å²) in [6.45, 7) is 9.77. The molecule has 0 aromatic carbocycles. The summed E-state index contributed by atoms with van der Waals surface area (Å²) >= 11 is 0. The normalized spacial score (nSPS) is 17.2. The fraction of sp³-hybridized carbons (Fsp3) is 0.643. The van der Waals surface area contributed by atoms with Gasteiger partial charge in [-0.15, -0.1) is 0 Å². The first-order valence-electron chi connectivity index (χ1n) is 6.64. The van der Waals surface area contributed by atoms with Crippen molar-refractivity contribution in [2.75, 3.05) is 0 Å². The molecule has 0 bridgehead atoms. The number of ether oxygens (including phenoxy) is 1. The summed E-state index contributed by atoms with van der Waals surface area (Å²) in [6.07, 6.45) is 1.23. The van der Waals surface area contributed by atoms with Gasteiger partial charge in [0.15, 0.2) is 11.2 Å². The summed E-state index contributed by atoms with van der Waals surface area (Å²) in [7, 11) is 0. The van der Waals surface area contributed by atoms with Crippen LogP contribution < -0.4 is 5.56 Å². The highest BCUT2D eigenvalue weighted by molar-refractivity contribution is 5.93. The van der Waals surface area contributed by atoms with Gasteiger partial charge in [0.05, 0.1) is 0 Å². The number of H-pyrrole nitrogens is 1. The molecule has 0 amide bonds. The second-order valence-electron chi connectivity index (χ2n) is 5.98. The first kappa shape index (κ1) is 13.8. The number of hydrogen-bond donors (Lipinski definition) is 1. The molecule has 2 heterocycles. The lowest BCUT2D eigenvalue weighted by molar-refractivity contribution is -0.0144. The fourth-order valence-corrected chi connectivity index (χ4v) is 2.35. The monoisotopic (exact) mass is 264 g/mol. The smallest absolute Gasteiger partial charge is 0.346 e. The summed E-state index contributed by atoms with van der Waals surface area (Å²) in [5.41, 5.74) is -0.871. The maximum absolute atomic E-state index is 12.1. The molecule has 1 aliphatic heterocycles. The Labute approximate surface area is 112 Å². The number of carbonyl (C=O) groups is 1. The van der Waals surface area contributed by atoms with Crippen LogP contribution in [0, 0.1) is 0 Å². The lowest BCUT2D eigenvalue weighted by atomic mass is 9.90. The number of rotatable bonds is 2. The van der Waals surface area contributed by atoms with Gasteiger partial charge in [-0.05, 0) is 12.8 Å². The van der Waals surface area contributed by atoms with Crippen molar-refractivity contribution in [3.8, 4) is 0 Å². The topological polar surface area (TPSA) is 72.0 Å². The molecule has 1 N–H and O–H groups in total. The Balaban J connectivity index is 2.75. The van der Waals surface area contributed by atoms with Crippen molar-refractivity contribution in [1.29, 1.82) is 0 Å². The average Bonchev–Trinajstić information content (AvgIpc) is 2.62. The molecule has 2 rings (SSSR count). The number of nitrogens with zero attached hydrogens (tertiary/aromatic N) is 1. The van der Waals surface area contributed by atoms with E-state index >= 15 is 0 Å². The molecule has 5 nitrogen and oxygen atoms in total. The van der Waals surface area contributed by atoms with Gasteiger partial charge < -0.3 is 9.72 Å². The maximum Gasteiger partial charge on any atom is 0.346 e. The number of hydrogen-bond acceptors (Lipinski definition) is 4. The van der Waals surface area contributed by atoms with E-state index in [0.717, 1.165) is 0 Å². The second kappa shape index (κ2) is 4.18. The third-order valence-electron chi connectivity index (χ3n) is 3.70. The molecule has 0 fully saturated rings. The highest BCUT2D eigenvalue weighted by Crippen LogP contribution is 2.39. The summed E-state index contributed by atoms with van der Waals surface area (Å²) in [5, 5.41) is 0. The van der Waals surface area contributed by atoms with E-state index in [2.05, 4.69) is 9.97 Å². The van der Waals surface area contributed by atoms with Crippen LogP contribution in [0.3, 0.4) is 0 Å². The van der Waals surface area contributed by atoms with E-state index in [4.69, 9.17) is 4.74 Å². The van der Waals surface area contributed by atoms with Gasteiger partial charge in [0.25, 0.3) is 5.56 Å². The van der Waals surface area contributed by atoms with Crippen LogP contribution in [0.2, 0.25) is 0 Å². The summed E-state index contributed by atoms with van der Waals surface area (Å²) in [5.74, 6) is 0.0220. The highest BCUT2D eigenvalue weighted by Gasteiger charge is 2.47. The molecule has 5 heteroatoms. The Morgan fingerprint density at radius 2 is 1.79 bits per heavy atom. The quantitative estimate of drug-likeness (QED) is 0.832. The minimum absolute atomic E-state index is 0.0664. The predicted octanol–water partition coefficient (Wildman–Crippen LogP) is 2.25. The Morgan fingerprint density at radius 3 is 2.26 bits per heavy atom. The van der Waals surface area contributed by atoms with E-state index in [0.29, 0.717) is 24.4 Å². The predicted molar refractivity (Wildman–Crippen MR) is 71.2 cm³/mol. The average molecular weight is 264 g/mol. The molecule has 104 valence electrons. The molecule has 0 unspecified atom stereocenters. The molecule has 0 radical (unpaired) electrons. The van der Waals surface area contributed by atoms with Crippen LogP contribution >= 0.6 is 0 Å². The number of fused-ring (bicyclic) bond motifs is 1. The molecule has 0 spiro atoms. The summed E-state index contributed by atoms with van der Waals surface area (Å²) < 4.78 is 5.44. The highest BCUT2D eigenvalue weighted by atomic mass is 16.6. The Hall–Kier alpha value is -1.65. The maximum atomic E-state index is 12.1. The van der Waals surface area contributed by atoms with E-state index in [1.807, 2.05) is 34.6 Å². The van der Waals surface area contributed by atoms with Crippen LogP contribution in [-0.2, 0) is 15.8 Å². The fourth-order valence-electron chi connectivity index (χ4n) is 2.35. The van der Waals surface area contributed by atoms with E-state index in [9.17, 15) is 9.59 Å². The molecule has 1 aliphatic rings. The molecule has 0 aliphatic carbocycles. The van der Waals surface area contributed by atoms with Gasteiger partial charge in [0.1, 0.15) is 11.5 Å². The van der Waals surface area contributed by atoms with E-state index < -0.39 is 17.1 Å². The molecule has 0 saturated heterocycles. The minimum atomic E-state index is -0.749. The van der Waals surface area contributed by atoms with E-state index in [-0.39, 0.29) is 11.0 Å². The zero-order valence-electron chi connectivity index (χ0n) is 12.1. The number of cyclic esters (lactones) is 1. The molecule has 1 aromatic heterocycles. The van der Waals surface area contributed by atoms with E-state index in [1.54, 1.807) is 0 Å². The van der Waals surface area contributed by atoms with Crippen LogP contribution in [0.1, 0.15) is 69.3 Å². The van der Waals surface area contributed by atoms with Crippen molar-refractivity contribution < 1.29 is 9.53 Å². The molecular weight excluding hydrogens is 244 g/mol. The van der Waals surface area contributed by atoms with Crippen LogP contribution in [0.5, 0.6) is 0 Å². The lowest BCUT2D eigenvalue weighted by Crippen LogP contribution is -2.30. The van der Waals surface area contributed by atoms with Crippen molar-refractivity contribution in [2.24, 2.45) is 0 Å². The largest absolute Gasteiger partial charge is 0.449 e. The van der Waals surface area contributed by atoms with Crippen molar-refractivity contribution in [3.63, 3.8) is 0 Å². The minimum Gasteiger partial charge on any atom is -0.449 e. The third kappa shape index (κ3) is 1.97. The van der Waals surface area contributed by atoms with Gasteiger partial charge in [-0.3, -0.25) is 4.79 Å². The zero-order chi connectivity index (χ0) is 14.4. The summed E-state index contributed by atoms with van der Waals surface area (Å²) in [4.78, 5) is 31.2. The van der Waals surface area contributed by atoms with Crippen LogP contribution in [0.25, 0.3) is 0 Å². The first-order chi connectivity index (χ1) is 8.75.